The Balaban J connectivity index is 2.33. The van der Waals surface area contributed by atoms with Crippen LogP contribution >= 0.6 is 0 Å². The zero-order valence-electron chi connectivity index (χ0n) is 12.3. The van der Waals surface area contributed by atoms with Crippen LogP contribution in [0.5, 0.6) is 0 Å². The second-order valence-electron chi connectivity index (χ2n) is 5.82. The quantitative estimate of drug-likeness (QED) is 0.600. The molecule has 1 aliphatic carbocycles. The number of benzene rings is 1. The van der Waals surface area contributed by atoms with E-state index in [1.807, 2.05) is 26.0 Å². The summed E-state index contributed by atoms with van der Waals surface area (Å²) >= 11 is 0. The maximum atomic E-state index is 12.9. The number of hydrogen-bond acceptors (Lipinski definition) is 2. The summed E-state index contributed by atoms with van der Waals surface area (Å²) in [6.45, 7) is 4.08. The van der Waals surface area contributed by atoms with Crippen LogP contribution in [0.25, 0.3) is 0 Å². The normalized spacial score (nSPS) is 18.9. The summed E-state index contributed by atoms with van der Waals surface area (Å²) in [5, 5.41) is 0. The van der Waals surface area contributed by atoms with Crippen LogP contribution in [0, 0.1) is 13.8 Å². The lowest BCUT2D eigenvalue weighted by Gasteiger charge is -2.30. The van der Waals surface area contributed by atoms with Crippen molar-refractivity contribution in [3.05, 3.63) is 34.9 Å². The Morgan fingerprint density at radius 3 is 2.00 bits per heavy atom. The molecule has 2 nitrogen and oxygen atoms in total. The summed E-state index contributed by atoms with van der Waals surface area (Å²) in [6.07, 6.45) is 6.32. The lowest BCUT2D eigenvalue weighted by atomic mass is 9.85. The van der Waals surface area contributed by atoms with Crippen LogP contribution in [0.15, 0.2) is 18.2 Å². The number of aryl methyl sites for hydroxylation is 2. The van der Waals surface area contributed by atoms with Crippen molar-refractivity contribution in [3.63, 3.8) is 0 Å². The third-order valence-electron chi connectivity index (χ3n) is 4.20. The molecule has 0 aliphatic heterocycles. The van der Waals surface area contributed by atoms with E-state index in [2.05, 4.69) is 6.07 Å². The number of ether oxygens (including phenoxy) is 1. The Bertz CT molecular complexity index is 434. The lowest BCUT2D eigenvalue weighted by molar-refractivity contribution is -0.00693. The van der Waals surface area contributed by atoms with Crippen molar-refractivity contribution in [1.29, 1.82) is 0 Å². The van der Waals surface area contributed by atoms with Crippen molar-refractivity contribution < 1.29 is 9.53 Å². The van der Waals surface area contributed by atoms with Gasteiger partial charge in [0.15, 0.2) is 5.78 Å². The van der Waals surface area contributed by atoms with Gasteiger partial charge in [-0.2, -0.15) is 0 Å². The second-order valence-corrected chi connectivity index (χ2v) is 5.82. The standard InChI is InChI=1S/C17H24O2/c1-13-10-14(2)12-15(11-13)16(18)17(19-3)8-6-4-5-7-9-17/h10-12H,4-9H2,1-3H3. The van der Waals surface area contributed by atoms with E-state index in [1.54, 1.807) is 7.11 Å². The number of ketones is 1. The minimum absolute atomic E-state index is 0.170. The van der Waals surface area contributed by atoms with Crippen molar-refractivity contribution in [1.82, 2.24) is 0 Å². The third kappa shape index (κ3) is 3.06. The van der Waals surface area contributed by atoms with E-state index in [0.29, 0.717) is 0 Å². The average Bonchev–Trinajstić information content (AvgIpc) is 2.63. The zero-order valence-corrected chi connectivity index (χ0v) is 12.3. The molecule has 0 atom stereocenters. The molecule has 1 fully saturated rings. The van der Waals surface area contributed by atoms with Gasteiger partial charge in [0.25, 0.3) is 0 Å². The van der Waals surface area contributed by atoms with E-state index in [4.69, 9.17) is 4.74 Å². The zero-order chi connectivity index (χ0) is 13.9. The Morgan fingerprint density at radius 2 is 1.53 bits per heavy atom. The van der Waals surface area contributed by atoms with E-state index >= 15 is 0 Å². The summed E-state index contributed by atoms with van der Waals surface area (Å²) in [5.41, 5.74) is 2.50. The molecule has 1 aromatic carbocycles. The maximum Gasteiger partial charge on any atom is 0.194 e. The smallest absolute Gasteiger partial charge is 0.194 e. The average molecular weight is 260 g/mol. The predicted molar refractivity (Wildman–Crippen MR) is 77.7 cm³/mol. The molecule has 0 amide bonds. The topological polar surface area (TPSA) is 26.3 Å². The predicted octanol–water partition coefficient (Wildman–Crippen LogP) is 4.23. The van der Waals surface area contributed by atoms with Crippen LogP contribution in [0.1, 0.15) is 60.0 Å². The van der Waals surface area contributed by atoms with E-state index in [-0.39, 0.29) is 5.78 Å². The van der Waals surface area contributed by atoms with Gasteiger partial charge in [0, 0.05) is 12.7 Å². The minimum atomic E-state index is -0.587. The first-order valence-corrected chi connectivity index (χ1v) is 7.26. The Morgan fingerprint density at radius 1 is 1.00 bits per heavy atom. The van der Waals surface area contributed by atoms with Crippen LogP contribution in [-0.4, -0.2) is 18.5 Å². The summed E-state index contributed by atoms with van der Waals surface area (Å²) < 4.78 is 5.71. The molecule has 0 heterocycles. The molecule has 0 aromatic heterocycles. The molecular formula is C17H24O2. The van der Waals surface area contributed by atoms with Crippen molar-refractivity contribution in [3.8, 4) is 0 Å². The minimum Gasteiger partial charge on any atom is -0.370 e. The Hall–Kier alpha value is -1.15. The first kappa shape index (κ1) is 14.3. The molecule has 0 unspecified atom stereocenters. The summed E-state index contributed by atoms with van der Waals surface area (Å²) in [5.74, 6) is 0.170. The number of carbonyl (C=O) groups is 1. The van der Waals surface area contributed by atoms with Gasteiger partial charge < -0.3 is 4.74 Å². The Labute approximate surface area is 116 Å². The fourth-order valence-electron chi connectivity index (χ4n) is 3.19. The second kappa shape index (κ2) is 5.87. The molecule has 1 saturated carbocycles. The van der Waals surface area contributed by atoms with Gasteiger partial charge in [-0.15, -0.1) is 0 Å². The van der Waals surface area contributed by atoms with Crippen LogP contribution < -0.4 is 0 Å². The molecule has 1 aromatic rings. The highest BCUT2D eigenvalue weighted by Gasteiger charge is 2.39. The molecule has 104 valence electrons. The highest BCUT2D eigenvalue weighted by molar-refractivity contribution is 6.02. The number of rotatable bonds is 3. The fraction of sp³-hybridized carbons (Fsp3) is 0.588. The first-order chi connectivity index (χ1) is 9.07. The molecule has 2 rings (SSSR count). The molecule has 0 bridgehead atoms. The van der Waals surface area contributed by atoms with Crippen molar-refractivity contribution in [2.24, 2.45) is 0 Å². The number of methoxy groups -OCH3 is 1. The van der Waals surface area contributed by atoms with Crippen LogP contribution in [0.2, 0.25) is 0 Å². The van der Waals surface area contributed by atoms with Gasteiger partial charge in [0.05, 0.1) is 0 Å². The van der Waals surface area contributed by atoms with E-state index in [1.165, 1.54) is 12.8 Å². The summed E-state index contributed by atoms with van der Waals surface area (Å²) in [6, 6.07) is 6.07. The fourth-order valence-corrected chi connectivity index (χ4v) is 3.19. The van der Waals surface area contributed by atoms with Gasteiger partial charge >= 0.3 is 0 Å². The van der Waals surface area contributed by atoms with Gasteiger partial charge in [-0.25, -0.2) is 0 Å². The van der Waals surface area contributed by atoms with Crippen molar-refractivity contribution >= 4 is 5.78 Å². The number of hydrogen-bond donors (Lipinski definition) is 0. The largest absolute Gasteiger partial charge is 0.370 e. The lowest BCUT2D eigenvalue weighted by Crippen LogP contribution is -2.40. The number of Topliss-reactive ketones (excluding diaryl/α,β-unsaturated/α-hetero) is 1. The highest BCUT2D eigenvalue weighted by atomic mass is 16.5. The van der Waals surface area contributed by atoms with E-state index in [9.17, 15) is 4.79 Å². The first-order valence-electron chi connectivity index (χ1n) is 7.26. The van der Waals surface area contributed by atoms with E-state index < -0.39 is 5.60 Å². The Kier molecular flexibility index (Phi) is 4.41. The molecule has 1 aliphatic rings. The van der Waals surface area contributed by atoms with Crippen molar-refractivity contribution in [2.75, 3.05) is 7.11 Å². The number of carbonyl (C=O) groups excluding carboxylic acids is 1. The molecule has 19 heavy (non-hydrogen) atoms. The van der Waals surface area contributed by atoms with Crippen LogP contribution in [0.3, 0.4) is 0 Å². The molecule has 0 spiro atoms. The SMILES string of the molecule is COC1(C(=O)c2cc(C)cc(C)c2)CCCCCC1. The molecular weight excluding hydrogens is 236 g/mol. The van der Waals surface area contributed by atoms with Crippen LogP contribution in [0.4, 0.5) is 0 Å². The summed E-state index contributed by atoms with van der Waals surface area (Å²) in [7, 11) is 1.69. The molecule has 0 N–H and O–H groups in total. The summed E-state index contributed by atoms with van der Waals surface area (Å²) in [4.78, 5) is 12.9. The molecule has 2 heteroatoms. The van der Waals surface area contributed by atoms with Gasteiger partial charge in [0.1, 0.15) is 5.60 Å². The molecule has 0 saturated heterocycles. The maximum absolute atomic E-state index is 12.9. The van der Waals surface area contributed by atoms with Gasteiger partial charge in [-0.3, -0.25) is 4.79 Å². The van der Waals surface area contributed by atoms with Gasteiger partial charge in [0.2, 0.25) is 0 Å². The third-order valence-corrected chi connectivity index (χ3v) is 4.20. The van der Waals surface area contributed by atoms with Crippen LogP contribution in [-0.2, 0) is 4.74 Å². The monoisotopic (exact) mass is 260 g/mol. The molecule has 0 radical (unpaired) electrons. The van der Waals surface area contributed by atoms with Gasteiger partial charge in [-0.1, -0.05) is 42.9 Å². The van der Waals surface area contributed by atoms with Gasteiger partial charge in [-0.05, 0) is 38.8 Å². The van der Waals surface area contributed by atoms with Crippen molar-refractivity contribution in [2.45, 2.75) is 58.0 Å². The van der Waals surface area contributed by atoms with E-state index in [0.717, 1.165) is 42.4 Å². The highest BCUT2D eigenvalue weighted by Crippen LogP contribution is 2.33.